The molecule has 5 nitrogen and oxygen atoms in total. The van der Waals surface area contributed by atoms with Crippen LogP contribution in [0.3, 0.4) is 0 Å². The number of amides is 1. The maximum absolute atomic E-state index is 12.7. The lowest BCUT2D eigenvalue weighted by Crippen LogP contribution is -2.41. The van der Waals surface area contributed by atoms with Crippen LogP contribution in [0.2, 0.25) is 0 Å². The number of carbonyl (C=O) groups excluding carboxylic acids is 1. The monoisotopic (exact) mass is 324 g/mol. The molecular formula is C19H24N4O. The van der Waals surface area contributed by atoms with Crippen molar-refractivity contribution in [2.24, 2.45) is 5.92 Å². The van der Waals surface area contributed by atoms with E-state index in [1.807, 2.05) is 32.0 Å². The minimum Gasteiger partial charge on any atom is -0.340 e. The number of hydrogen-bond acceptors (Lipinski definition) is 4. The Hall–Kier alpha value is -2.43. The van der Waals surface area contributed by atoms with Crippen molar-refractivity contribution >= 4 is 17.5 Å². The van der Waals surface area contributed by atoms with Crippen LogP contribution in [-0.2, 0) is 4.79 Å². The van der Waals surface area contributed by atoms with Crippen molar-refractivity contribution in [2.45, 2.75) is 33.6 Å². The van der Waals surface area contributed by atoms with Gasteiger partial charge >= 0.3 is 0 Å². The van der Waals surface area contributed by atoms with Gasteiger partial charge in [-0.2, -0.15) is 0 Å². The molecule has 1 N–H and O–H groups in total. The van der Waals surface area contributed by atoms with Crippen LogP contribution in [0.1, 0.15) is 29.7 Å². The molecule has 1 fully saturated rings. The fourth-order valence-electron chi connectivity index (χ4n) is 3.15. The summed E-state index contributed by atoms with van der Waals surface area (Å²) >= 11 is 0. The summed E-state index contributed by atoms with van der Waals surface area (Å²) < 4.78 is 0. The summed E-state index contributed by atoms with van der Waals surface area (Å²) in [6.45, 7) is 7.60. The molecule has 1 aliphatic rings. The Bertz CT molecular complexity index is 744. The zero-order chi connectivity index (χ0) is 17.1. The number of nitrogens with one attached hydrogen (secondary N) is 1. The van der Waals surface area contributed by atoms with Crippen LogP contribution in [0, 0.1) is 26.7 Å². The molecular weight excluding hydrogens is 300 g/mol. The quantitative estimate of drug-likeness (QED) is 0.941. The zero-order valence-electron chi connectivity index (χ0n) is 14.5. The van der Waals surface area contributed by atoms with Crippen molar-refractivity contribution in [2.75, 3.05) is 23.3 Å². The van der Waals surface area contributed by atoms with Gasteiger partial charge in [0.2, 0.25) is 11.9 Å². The summed E-state index contributed by atoms with van der Waals surface area (Å²) in [6.07, 6.45) is 3.65. The first kappa shape index (κ1) is 16.4. The van der Waals surface area contributed by atoms with E-state index in [2.05, 4.69) is 33.2 Å². The van der Waals surface area contributed by atoms with E-state index >= 15 is 0 Å². The Labute approximate surface area is 143 Å². The number of aromatic nitrogens is 2. The fraction of sp³-hybridized carbons (Fsp3) is 0.421. The second kappa shape index (κ2) is 6.99. The van der Waals surface area contributed by atoms with Crippen LogP contribution >= 0.6 is 0 Å². The molecule has 2 heterocycles. The third kappa shape index (κ3) is 3.72. The summed E-state index contributed by atoms with van der Waals surface area (Å²) in [4.78, 5) is 23.6. The summed E-state index contributed by atoms with van der Waals surface area (Å²) in [5.41, 5.74) is 4.14. The van der Waals surface area contributed by atoms with Crippen molar-refractivity contribution in [3.8, 4) is 0 Å². The number of piperidine rings is 1. The Balaban J connectivity index is 1.69. The highest BCUT2D eigenvalue weighted by molar-refractivity contribution is 5.93. The molecule has 3 rings (SSSR count). The van der Waals surface area contributed by atoms with E-state index in [1.165, 1.54) is 5.56 Å². The van der Waals surface area contributed by atoms with Crippen LogP contribution in [0.15, 0.2) is 30.5 Å². The Kier molecular flexibility index (Phi) is 4.79. The number of rotatable bonds is 3. The van der Waals surface area contributed by atoms with Crippen LogP contribution < -0.4 is 10.2 Å². The van der Waals surface area contributed by atoms with Crippen LogP contribution in [0.4, 0.5) is 11.6 Å². The lowest BCUT2D eigenvalue weighted by molar-refractivity contribution is -0.120. The van der Waals surface area contributed by atoms with E-state index in [1.54, 1.807) is 6.20 Å². The second-order valence-electron chi connectivity index (χ2n) is 6.59. The lowest BCUT2D eigenvalue weighted by Gasteiger charge is -2.32. The lowest BCUT2D eigenvalue weighted by atomic mass is 9.97. The van der Waals surface area contributed by atoms with Crippen molar-refractivity contribution < 1.29 is 4.79 Å². The molecule has 1 atom stereocenters. The van der Waals surface area contributed by atoms with E-state index < -0.39 is 0 Å². The standard InChI is InChI=1S/C19H24N4O/c1-13-6-7-17(14(2)11-13)22-18(24)16-5-4-10-23(12-16)19-20-9-8-15(3)21-19/h6-9,11,16H,4-5,10,12H2,1-3H3,(H,22,24)/t16-/m1/s1. The van der Waals surface area contributed by atoms with E-state index in [0.29, 0.717) is 6.54 Å². The minimum atomic E-state index is -0.0384. The number of aryl methyl sites for hydroxylation is 3. The fourth-order valence-corrected chi connectivity index (χ4v) is 3.15. The minimum absolute atomic E-state index is 0.0384. The summed E-state index contributed by atoms with van der Waals surface area (Å²) in [7, 11) is 0. The van der Waals surface area contributed by atoms with Crippen LogP contribution in [0.25, 0.3) is 0 Å². The third-order valence-electron chi connectivity index (χ3n) is 4.50. The molecule has 0 unspecified atom stereocenters. The number of hydrogen-bond donors (Lipinski definition) is 1. The molecule has 1 aromatic heterocycles. The topological polar surface area (TPSA) is 58.1 Å². The van der Waals surface area contributed by atoms with Crippen molar-refractivity contribution in [1.82, 2.24) is 9.97 Å². The third-order valence-corrected chi connectivity index (χ3v) is 4.50. The first-order chi connectivity index (χ1) is 11.5. The Morgan fingerprint density at radius 1 is 1.25 bits per heavy atom. The van der Waals surface area contributed by atoms with Crippen LogP contribution in [0.5, 0.6) is 0 Å². The predicted molar refractivity (Wildman–Crippen MR) is 96.3 cm³/mol. The maximum atomic E-state index is 12.7. The normalized spacial score (nSPS) is 17.6. The van der Waals surface area contributed by atoms with Crippen molar-refractivity contribution in [3.05, 3.63) is 47.3 Å². The molecule has 1 aliphatic heterocycles. The summed E-state index contributed by atoms with van der Waals surface area (Å²) in [5.74, 6) is 0.766. The first-order valence-electron chi connectivity index (χ1n) is 8.45. The molecule has 1 saturated heterocycles. The van der Waals surface area contributed by atoms with Crippen molar-refractivity contribution in [1.29, 1.82) is 0 Å². The molecule has 2 aromatic rings. The molecule has 0 radical (unpaired) electrons. The molecule has 1 amide bonds. The van der Waals surface area contributed by atoms with Gasteiger partial charge in [0.15, 0.2) is 0 Å². The molecule has 126 valence electrons. The molecule has 0 aliphatic carbocycles. The molecule has 0 bridgehead atoms. The number of carbonyl (C=O) groups is 1. The first-order valence-corrected chi connectivity index (χ1v) is 8.45. The Morgan fingerprint density at radius 2 is 2.08 bits per heavy atom. The highest BCUT2D eigenvalue weighted by atomic mass is 16.1. The van der Waals surface area contributed by atoms with E-state index in [-0.39, 0.29) is 11.8 Å². The number of anilines is 2. The average molecular weight is 324 g/mol. The molecule has 24 heavy (non-hydrogen) atoms. The SMILES string of the molecule is Cc1ccc(NC(=O)[C@@H]2CCCN(c3nccc(C)n3)C2)c(C)c1. The average Bonchev–Trinajstić information content (AvgIpc) is 2.57. The van der Waals surface area contributed by atoms with Gasteiger partial charge in [0.25, 0.3) is 0 Å². The van der Waals surface area contributed by atoms with Gasteiger partial charge in [-0.15, -0.1) is 0 Å². The van der Waals surface area contributed by atoms with Gasteiger partial charge in [0.1, 0.15) is 0 Å². The summed E-state index contributed by atoms with van der Waals surface area (Å²) in [5, 5.41) is 3.08. The van der Waals surface area contributed by atoms with Gasteiger partial charge in [-0.3, -0.25) is 4.79 Å². The maximum Gasteiger partial charge on any atom is 0.229 e. The summed E-state index contributed by atoms with van der Waals surface area (Å²) in [6, 6.07) is 7.98. The van der Waals surface area contributed by atoms with Crippen molar-refractivity contribution in [3.63, 3.8) is 0 Å². The van der Waals surface area contributed by atoms with Gasteiger partial charge in [0.05, 0.1) is 5.92 Å². The van der Waals surface area contributed by atoms with E-state index in [4.69, 9.17) is 0 Å². The van der Waals surface area contributed by atoms with Gasteiger partial charge < -0.3 is 10.2 Å². The Morgan fingerprint density at radius 3 is 2.83 bits per heavy atom. The second-order valence-corrected chi connectivity index (χ2v) is 6.59. The van der Waals surface area contributed by atoms with E-state index in [0.717, 1.165) is 42.3 Å². The molecule has 1 aromatic carbocycles. The van der Waals surface area contributed by atoms with E-state index in [9.17, 15) is 4.79 Å². The van der Waals surface area contributed by atoms with Crippen LogP contribution in [-0.4, -0.2) is 29.0 Å². The van der Waals surface area contributed by atoms with Gasteiger partial charge in [0, 0.05) is 30.7 Å². The largest absolute Gasteiger partial charge is 0.340 e. The highest BCUT2D eigenvalue weighted by Gasteiger charge is 2.27. The zero-order valence-corrected chi connectivity index (χ0v) is 14.5. The predicted octanol–water partition coefficient (Wildman–Crippen LogP) is 3.26. The molecule has 0 saturated carbocycles. The molecule has 5 heteroatoms. The molecule has 0 spiro atoms. The highest BCUT2D eigenvalue weighted by Crippen LogP contribution is 2.23. The van der Waals surface area contributed by atoms with Gasteiger partial charge in [-0.05, 0) is 51.3 Å². The number of nitrogens with zero attached hydrogens (tertiary/aromatic N) is 3. The smallest absolute Gasteiger partial charge is 0.229 e. The number of benzene rings is 1. The van der Waals surface area contributed by atoms with Gasteiger partial charge in [-0.1, -0.05) is 17.7 Å². The van der Waals surface area contributed by atoms with Gasteiger partial charge in [-0.25, -0.2) is 9.97 Å².